The predicted octanol–water partition coefficient (Wildman–Crippen LogP) is 3.65. The second-order valence-corrected chi connectivity index (χ2v) is 8.72. The summed E-state index contributed by atoms with van der Waals surface area (Å²) in [6, 6.07) is 16.2. The number of hydrogen-bond acceptors (Lipinski definition) is 6. The fraction of sp³-hybridized carbons (Fsp3) is 0.333. The van der Waals surface area contributed by atoms with Gasteiger partial charge in [-0.1, -0.05) is 42.5 Å². The first-order valence-electron chi connectivity index (χ1n) is 9.91. The number of nitrogens with zero attached hydrogens (tertiary/aromatic N) is 1. The summed E-state index contributed by atoms with van der Waals surface area (Å²) in [6.07, 6.45) is -0.523. The lowest BCUT2D eigenvalue weighted by atomic mass is 10.1. The normalized spacial score (nSPS) is 12.1. The van der Waals surface area contributed by atoms with Crippen molar-refractivity contribution in [3.05, 3.63) is 65.7 Å². The van der Waals surface area contributed by atoms with Crippen molar-refractivity contribution in [1.29, 1.82) is 0 Å². The molecular weight excluding hydrogens is 419 g/mol. The highest BCUT2D eigenvalue weighted by Crippen LogP contribution is 2.53. The van der Waals surface area contributed by atoms with Crippen LogP contribution in [0.3, 0.4) is 0 Å². The molecule has 0 aromatic heterocycles. The molecule has 0 fully saturated rings. The lowest BCUT2D eigenvalue weighted by Crippen LogP contribution is -2.37. The highest BCUT2D eigenvalue weighted by Gasteiger charge is 2.37. The molecule has 2 aromatic rings. The van der Waals surface area contributed by atoms with E-state index in [0.717, 1.165) is 11.1 Å². The van der Waals surface area contributed by atoms with Crippen LogP contribution in [0.15, 0.2) is 59.6 Å². The van der Waals surface area contributed by atoms with E-state index in [9.17, 15) is 9.36 Å². The van der Waals surface area contributed by atoms with Crippen molar-refractivity contribution >= 4 is 25.3 Å². The predicted molar refractivity (Wildman–Crippen MR) is 120 cm³/mol. The molecule has 0 heterocycles. The van der Waals surface area contributed by atoms with Gasteiger partial charge in [-0.05, 0) is 37.1 Å². The van der Waals surface area contributed by atoms with Crippen LogP contribution in [0.25, 0.3) is 0 Å². The highest BCUT2D eigenvalue weighted by molar-refractivity contribution is 7.54. The van der Waals surface area contributed by atoms with E-state index in [1.165, 1.54) is 0 Å². The molecule has 2 rings (SSSR count). The number of amides is 1. The van der Waals surface area contributed by atoms with Crippen molar-refractivity contribution in [3.8, 4) is 0 Å². The summed E-state index contributed by atoms with van der Waals surface area (Å²) in [6.45, 7) is 3.83. The first-order valence-corrected chi connectivity index (χ1v) is 11.5. The van der Waals surface area contributed by atoms with Crippen molar-refractivity contribution in [1.82, 2.24) is 5.32 Å². The Morgan fingerprint density at radius 2 is 1.61 bits per heavy atom. The summed E-state index contributed by atoms with van der Waals surface area (Å²) in [5.41, 5.74) is 13.0. The average molecular weight is 448 g/mol. The quantitative estimate of drug-likeness (QED) is 0.271. The van der Waals surface area contributed by atoms with Crippen LogP contribution >= 0.6 is 7.60 Å². The van der Waals surface area contributed by atoms with Gasteiger partial charge in [0, 0.05) is 6.42 Å². The number of aliphatic imine (C=N–C) groups is 1. The van der Waals surface area contributed by atoms with Crippen LogP contribution < -0.4 is 16.8 Å². The maximum Gasteiger partial charge on any atom is 0.408 e. The SMILES string of the molecule is CCOP(=O)(OCC)C(Cc1ccc(N=C(N)N)cc1)NC(=O)OCc1ccccc1. The average Bonchev–Trinajstić information content (AvgIpc) is 2.74. The Balaban J connectivity index is 2.16. The van der Waals surface area contributed by atoms with E-state index in [1.807, 2.05) is 30.3 Å². The van der Waals surface area contributed by atoms with E-state index in [2.05, 4.69) is 10.3 Å². The van der Waals surface area contributed by atoms with Gasteiger partial charge < -0.3 is 30.6 Å². The number of carbonyl (C=O) groups is 1. The summed E-state index contributed by atoms with van der Waals surface area (Å²) in [5, 5.41) is 2.65. The van der Waals surface area contributed by atoms with Gasteiger partial charge in [0.2, 0.25) is 0 Å². The van der Waals surface area contributed by atoms with Crippen LogP contribution in [-0.2, 0) is 31.4 Å². The topological polar surface area (TPSA) is 138 Å². The number of rotatable bonds is 11. The first kappa shape index (κ1) is 24.4. The minimum absolute atomic E-state index is 0.0503. The van der Waals surface area contributed by atoms with Crippen molar-refractivity contribution in [2.24, 2.45) is 16.5 Å². The van der Waals surface area contributed by atoms with Crippen LogP contribution in [0, 0.1) is 0 Å². The van der Waals surface area contributed by atoms with Gasteiger partial charge in [-0.25, -0.2) is 9.79 Å². The van der Waals surface area contributed by atoms with Crippen LogP contribution in [0.1, 0.15) is 25.0 Å². The second kappa shape index (κ2) is 12.1. The molecule has 1 unspecified atom stereocenters. The monoisotopic (exact) mass is 448 g/mol. The van der Waals surface area contributed by atoms with Crippen molar-refractivity contribution < 1.29 is 23.1 Å². The smallest absolute Gasteiger partial charge is 0.408 e. The molecule has 10 heteroatoms. The van der Waals surface area contributed by atoms with E-state index >= 15 is 0 Å². The summed E-state index contributed by atoms with van der Waals surface area (Å²) in [4.78, 5) is 16.4. The molecule has 0 bridgehead atoms. The molecule has 0 saturated heterocycles. The maximum absolute atomic E-state index is 13.4. The number of benzene rings is 2. The highest BCUT2D eigenvalue weighted by atomic mass is 31.2. The van der Waals surface area contributed by atoms with Gasteiger partial charge in [-0.3, -0.25) is 4.57 Å². The number of ether oxygens (including phenoxy) is 1. The van der Waals surface area contributed by atoms with E-state index in [4.69, 9.17) is 25.3 Å². The van der Waals surface area contributed by atoms with Crippen LogP contribution in [0.4, 0.5) is 10.5 Å². The Kier molecular flexibility index (Phi) is 9.52. The molecule has 0 aliphatic heterocycles. The number of alkyl carbamates (subject to hydrolysis) is 1. The first-order chi connectivity index (χ1) is 14.9. The molecule has 1 amide bonds. The van der Waals surface area contributed by atoms with Gasteiger partial charge in [0.25, 0.3) is 0 Å². The molecule has 31 heavy (non-hydrogen) atoms. The Bertz CT molecular complexity index is 892. The number of carbonyl (C=O) groups excluding carboxylic acids is 1. The lowest BCUT2D eigenvalue weighted by molar-refractivity contribution is 0.134. The second-order valence-electron chi connectivity index (χ2n) is 6.50. The fourth-order valence-corrected chi connectivity index (χ4v) is 4.65. The number of guanidine groups is 1. The van der Waals surface area contributed by atoms with Crippen molar-refractivity contribution in [3.63, 3.8) is 0 Å². The molecule has 0 radical (unpaired) electrons. The molecule has 9 nitrogen and oxygen atoms in total. The van der Waals surface area contributed by atoms with Gasteiger partial charge in [0.1, 0.15) is 12.4 Å². The van der Waals surface area contributed by atoms with Gasteiger partial charge >= 0.3 is 13.7 Å². The van der Waals surface area contributed by atoms with E-state index < -0.39 is 19.5 Å². The fourth-order valence-electron chi connectivity index (χ4n) is 2.80. The van der Waals surface area contributed by atoms with Gasteiger partial charge in [0.05, 0.1) is 18.9 Å². The molecular formula is C21H29N4O5P. The third kappa shape index (κ3) is 8.05. The van der Waals surface area contributed by atoms with Crippen LogP contribution in [0.5, 0.6) is 0 Å². The van der Waals surface area contributed by atoms with E-state index in [-0.39, 0.29) is 32.2 Å². The maximum atomic E-state index is 13.4. The summed E-state index contributed by atoms with van der Waals surface area (Å²) >= 11 is 0. The molecule has 0 saturated carbocycles. The molecule has 168 valence electrons. The summed E-state index contributed by atoms with van der Waals surface area (Å²) in [5.74, 6) is -0.991. The Hall–Kier alpha value is -2.87. The minimum Gasteiger partial charge on any atom is -0.445 e. The third-order valence-electron chi connectivity index (χ3n) is 4.12. The minimum atomic E-state index is -3.66. The van der Waals surface area contributed by atoms with Gasteiger partial charge in [-0.15, -0.1) is 0 Å². The number of nitrogens with one attached hydrogen (secondary N) is 1. The summed E-state index contributed by atoms with van der Waals surface area (Å²) in [7, 11) is -3.66. The number of nitrogens with two attached hydrogens (primary N) is 2. The Morgan fingerprint density at radius 3 is 2.16 bits per heavy atom. The zero-order valence-electron chi connectivity index (χ0n) is 17.7. The molecule has 1 atom stereocenters. The molecule has 0 aliphatic carbocycles. The third-order valence-corrected chi connectivity index (χ3v) is 6.43. The molecule has 0 spiro atoms. The van der Waals surface area contributed by atoms with Crippen LogP contribution in [-0.4, -0.2) is 31.0 Å². The molecule has 2 aromatic carbocycles. The van der Waals surface area contributed by atoms with Crippen LogP contribution in [0.2, 0.25) is 0 Å². The van der Waals surface area contributed by atoms with Crippen molar-refractivity contribution in [2.75, 3.05) is 13.2 Å². The number of hydrogen-bond donors (Lipinski definition) is 3. The van der Waals surface area contributed by atoms with E-state index in [1.54, 1.807) is 38.1 Å². The van der Waals surface area contributed by atoms with E-state index in [0.29, 0.717) is 5.69 Å². The Labute approximate surface area is 182 Å². The molecule has 0 aliphatic rings. The molecule has 5 N–H and O–H groups in total. The van der Waals surface area contributed by atoms with Gasteiger partial charge in [-0.2, -0.15) is 0 Å². The zero-order valence-corrected chi connectivity index (χ0v) is 18.6. The zero-order chi connectivity index (χ0) is 22.7. The lowest BCUT2D eigenvalue weighted by Gasteiger charge is -2.27. The van der Waals surface area contributed by atoms with Crippen molar-refractivity contribution in [2.45, 2.75) is 32.7 Å². The summed E-state index contributed by atoms with van der Waals surface area (Å²) < 4.78 is 29.6. The standard InChI is InChI=1S/C21H29N4O5P/c1-3-29-31(27,30-4-2)19(14-16-10-12-18(13-11-16)24-20(22)23)25-21(26)28-15-17-8-6-5-7-9-17/h5-13,19H,3-4,14-15H2,1-2H3,(H,25,26)(H4,22,23,24). The Morgan fingerprint density at radius 1 is 1.00 bits per heavy atom. The largest absolute Gasteiger partial charge is 0.445 e. The van der Waals surface area contributed by atoms with Gasteiger partial charge in [0.15, 0.2) is 5.96 Å².